The zero-order chi connectivity index (χ0) is 17.6. The standard InChI is InChI=1S/C15H21N3O5/c1-16(2)14(21)17(3)18(4)15(22)23-12(13(19)20)10-11-8-6-5-7-9-11/h5-9,12H,10H2,1-4H3,(H,19,20). The summed E-state index contributed by atoms with van der Waals surface area (Å²) in [6.45, 7) is 0. The number of carbonyl (C=O) groups excluding carboxylic acids is 2. The number of nitrogens with zero attached hydrogens (tertiary/aromatic N) is 3. The van der Waals surface area contributed by atoms with Crippen molar-refractivity contribution in [3.05, 3.63) is 35.9 Å². The molecule has 0 saturated heterocycles. The molecule has 8 nitrogen and oxygen atoms in total. The molecule has 1 unspecified atom stereocenters. The number of aliphatic carboxylic acids is 1. The number of hydrogen-bond donors (Lipinski definition) is 1. The first-order valence-electron chi connectivity index (χ1n) is 6.90. The van der Waals surface area contributed by atoms with E-state index in [1.165, 1.54) is 33.1 Å². The second-order valence-corrected chi connectivity index (χ2v) is 5.12. The van der Waals surface area contributed by atoms with Gasteiger partial charge in [-0.3, -0.25) is 0 Å². The number of carbonyl (C=O) groups is 3. The van der Waals surface area contributed by atoms with Gasteiger partial charge in [0.25, 0.3) is 0 Å². The minimum atomic E-state index is -1.34. The Morgan fingerprint density at radius 3 is 2.09 bits per heavy atom. The molecule has 0 heterocycles. The number of benzene rings is 1. The largest absolute Gasteiger partial charge is 0.478 e. The number of ether oxygens (including phenoxy) is 1. The Labute approximate surface area is 134 Å². The summed E-state index contributed by atoms with van der Waals surface area (Å²) >= 11 is 0. The van der Waals surface area contributed by atoms with Gasteiger partial charge in [-0.15, -0.1) is 0 Å². The Kier molecular flexibility index (Phi) is 6.37. The molecule has 23 heavy (non-hydrogen) atoms. The molecule has 1 atom stereocenters. The van der Waals surface area contributed by atoms with Crippen molar-refractivity contribution in [3.63, 3.8) is 0 Å². The van der Waals surface area contributed by atoms with Crippen LogP contribution in [0.4, 0.5) is 9.59 Å². The summed E-state index contributed by atoms with van der Waals surface area (Å²) in [5.74, 6) is -1.25. The van der Waals surface area contributed by atoms with E-state index in [1.807, 2.05) is 0 Å². The first-order chi connectivity index (χ1) is 10.7. The molecule has 8 heteroatoms. The summed E-state index contributed by atoms with van der Waals surface area (Å²) in [5.41, 5.74) is 0.730. The van der Waals surface area contributed by atoms with E-state index in [-0.39, 0.29) is 6.42 Å². The van der Waals surface area contributed by atoms with E-state index < -0.39 is 24.2 Å². The maximum atomic E-state index is 12.0. The number of hydrazine groups is 1. The molecule has 1 N–H and O–H groups in total. The monoisotopic (exact) mass is 323 g/mol. The predicted octanol–water partition coefficient (Wildman–Crippen LogP) is 1.28. The van der Waals surface area contributed by atoms with Crippen molar-refractivity contribution in [1.82, 2.24) is 14.9 Å². The Morgan fingerprint density at radius 1 is 1.04 bits per heavy atom. The van der Waals surface area contributed by atoms with Crippen molar-refractivity contribution in [2.75, 3.05) is 28.2 Å². The molecule has 0 spiro atoms. The van der Waals surface area contributed by atoms with Crippen LogP contribution >= 0.6 is 0 Å². The number of rotatable bonds is 4. The van der Waals surface area contributed by atoms with Crippen LogP contribution in [0, 0.1) is 0 Å². The fraction of sp³-hybridized carbons (Fsp3) is 0.400. The van der Waals surface area contributed by atoms with Crippen molar-refractivity contribution < 1.29 is 24.2 Å². The van der Waals surface area contributed by atoms with Gasteiger partial charge in [-0.05, 0) is 5.56 Å². The zero-order valence-electron chi connectivity index (χ0n) is 13.6. The lowest BCUT2D eigenvalue weighted by atomic mass is 10.1. The van der Waals surface area contributed by atoms with Gasteiger partial charge in [0.15, 0.2) is 0 Å². The first-order valence-corrected chi connectivity index (χ1v) is 6.90. The third kappa shape index (κ3) is 5.17. The van der Waals surface area contributed by atoms with Gasteiger partial charge in [0.1, 0.15) is 0 Å². The van der Waals surface area contributed by atoms with Gasteiger partial charge in [-0.25, -0.2) is 24.4 Å². The summed E-state index contributed by atoms with van der Waals surface area (Å²) in [6, 6.07) is 8.39. The zero-order valence-corrected chi connectivity index (χ0v) is 13.6. The van der Waals surface area contributed by atoms with Gasteiger partial charge in [0, 0.05) is 34.6 Å². The van der Waals surface area contributed by atoms with Gasteiger partial charge in [0.2, 0.25) is 6.10 Å². The van der Waals surface area contributed by atoms with Crippen LogP contribution in [-0.2, 0) is 16.0 Å². The van der Waals surface area contributed by atoms with E-state index in [1.54, 1.807) is 30.3 Å². The van der Waals surface area contributed by atoms with Crippen molar-refractivity contribution in [2.45, 2.75) is 12.5 Å². The van der Waals surface area contributed by atoms with E-state index in [4.69, 9.17) is 4.74 Å². The van der Waals surface area contributed by atoms with E-state index in [0.29, 0.717) is 0 Å². The Morgan fingerprint density at radius 2 is 1.61 bits per heavy atom. The van der Waals surface area contributed by atoms with E-state index >= 15 is 0 Å². The molecule has 0 radical (unpaired) electrons. The summed E-state index contributed by atoms with van der Waals surface area (Å²) in [5, 5.41) is 11.2. The van der Waals surface area contributed by atoms with Crippen molar-refractivity contribution in [1.29, 1.82) is 0 Å². The van der Waals surface area contributed by atoms with Crippen LogP contribution < -0.4 is 0 Å². The summed E-state index contributed by atoms with van der Waals surface area (Å²) in [7, 11) is 5.78. The third-order valence-corrected chi connectivity index (χ3v) is 3.16. The van der Waals surface area contributed by atoms with Crippen LogP contribution in [0.25, 0.3) is 0 Å². The fourth-order valence-corrected chi connectivity index (χ4v) is 1.75. The molecular formula is C15H21N3O5. The molecule has 0 aliphatic carbocycles. The minimum Gasteiger partial charge on any atom is -0.478 e. The van der Waals surface area contributed by atoms with Crippen molar-refractivity contribution >= 4 is 18.1 Å². The van der Waals surface area contributed by atoms with Crippen LogP contribution in [0.1, 0.15) is 5.56 Å². The topological polar surface area (TPSA) is 90.4 Å². The summed E-state index contributed by atoms with van der Waals surface area (Å²) in [4.78, 5) is 36.4. The van der Waals surface area contributed by atoms with Crippen LogP contribution in [0.15, 0.2) is 30.3 Å². The Bertz CT molecular complexity index is 561. The molecular weight excluding hydrogens is 302 g/mol. The van der Waals surface area contributed by atoms with Gasteiger partial charge in [-0.2, -0.15) is 0 Å². The van der Waals surface area contributed by atoms with E-state index in [2.05, 4.69) is 0 Å². The Balaban J connectivity index is 2.74. The molecule has 0 aromatic heterocycles. The average molecular weight is 323 g/mol. The highest BCUT2D eigenvalue weighted by Crippen LogP contribution is 2.09. The molecule has 1 aromatic rings. The summed E-state index contributed by atoms with van der Waals surface area (Å²) < 4.78 is 5.00. The molecule has 0 aliphatic heterocycles. The Hall–Kier alpha value is -2.77. The highest BCUT2D eigenvalue weighted by molar-refractivity contribution is 5.80. The lowest BCUT2D eigenvalue weighted by Gasteiger charge is -2.30. The molecule has 0 bridgehead atoms. The number of amides is 3. The highest BCUT2D eigenvalue weighted by Gasteiger charge is 2.27. The smallest absolute Gasteiger partial charge is 0.429 e. The maximum Gasteiger partial charge on any atom is 0.429 e. The minimum absolute atomic E-state index is 0.0428. The van der Waals surface area contributed by atoms with Gasteiger partial charge >= 0.3 is 18.1 Å². The number of carboxylic acids is 1. The quantitative estimate of drug-likeness (QED) is 0.843. The third-order valence-electron chi connectivity index (χ3n) is 3.16. The molecule has 0 saturated carbocycles. The lowest BCUT2D eigenvalue weighted by Crippen LogP contribution is -2.50. The van der Waals surface area contributed by atoms with Gasteiger partial charge in [0.05, 0.1) is 0 Å². The molecule has 1 rings (SSSR count). The van der Waals surface area contributed by atoms with Gasteiger partial charge < -0.3 is 14.7 Å². The van der Waals surface area contributed by atoms with E-state index in [0.717, 1.165) is 15.6 Å². The highest BCUT2D eigenvalue weighted by atomic mass is 16.6. The second kappa shape index (κ2) is 8.02. The SMILES string of the molecule is CN(C)C(=O)N(C)N(C)C(=O)OC(Cc1ccccc1)C(=O)O. The molecule has 0 fully saturated rings. The average Bonchev–Trinajstić information content (AvgIpc) is 2.52. The normalized spacial score (nSPS) is 11.3. The molecule has 126 valence electrons. The number of urea groups is 1. The molecule has 1 aromatic carbocycles. The predicted molar refractivity (Wildman–Crippen MR) is 82.7 cm³/mol. The fourth-order valence-electron chi connectivity index (χ4n) is 1.75. The first kappa shape index (κ1) is 18.3. The van der Waals surface area contributed by atoms with Crippen molar-refractivity contribution in [2.24, 2.45) is 0 Å². The van der Waals surface area contributed by atoms with E-state index in [9.17, 15) is 19.5 Å². The van der Waals surface area contributed by atoms with Crippen LogP contribution in [0.5, 0.6) is 0 Å². The van der Waals surface area contributed by atoms with Crippen LogP contribution in [0.3, 0.4) is 0 Å². The summed E-state index contributed by atoms with van der Waals surface area (Å²) in [6.07, 6.45) is -2.22. The molecule has 0 aliphatic rings. The molecule has 3 amide bonds. The number of hydrogen-bond acceptors (Lipinski definition) is 4. The number of carboxylic acid groups (broad SMARTS) is 1. The lowest BCUT2D eigenvalue weighted by molar-refractivity contribution is -0.147. The van der Waals surface area contributed by atoms with Crippen LogP contribution in [0.2, 0.25) is 0 Å². The van der Waals surface area contributed by atoms with Gasteiger partial charge in [-0.1, -0.05) is 30.3 Å². The van der Waals surface area contributed by atoms with Crippen LogP contribution in [-0.4, -0.2) is 72.4 Å². The maximum absolute atomic E-state index is 12.0. The van der Waals surface area contributed by atoms with Crippen molar-refractivity contribution in [3.8, 4) is 0 Å². The second-order valence-electron chi connectivity index (χ2n) is 5.12.